The molecule has 1 unspecified atom stereocenters. The van der Waals surface area contributed by atoms with Crippen molar-refractivity contribution in [2.75, 3.05) is 13.2 Å². The Morgan fingerprint density at radius 1 is 1.03 bits per heavy atom. The fourth-order valence-corrected chi connectivity index (χ4v) is 3.40. The third-order valence-electron chi connectivity index (χ3n) is 5.25. The van der Waals surface area contributed by atoms with Crippen molar-refractivity contribution in [2.45, 2.75) is 50.8 Å². The van der Waals surface area contributed by atoms with Crippen LogP contribution < -0.4 is 4.74 Å². The highest BCUT2D eigenvalue weighted by Gasteiger charge is 2.42. The molecular formula is C23H28O7. The Bertz CT molecular complexity index is 839. The number of hydrogen-bond acceptors (Lipinski definition) is 7. The normalized spacial score (nSPS) is 26.2. The number of aryl methyl sites for hydroxylation is 1. The fourth-order valence-electron chi connectivity index (χ4n) is 3.40. The SMILES string of the molecule is Cc1cc(OCCc2ccccc2)ccc1C(=O)OC[C@H]1OC(C)[C@H](O)[C@@H](O)[C@H]1O. The lowest BCUT2D eigenvalue weighted by molar-refractivity contribution is -0.224. The second kappa shape index (κ2) is 10.0. The van der Waals surface area contributed by atoms with Gasteiger partial charge in [0.1, 0.15) is 36.8 Å². The average molecular weight is 416 g/mol. The van der Waals surface area contributed by atoms with Crippen molar-refractivity contribution in [1.82, 2.24) is 0 Å². The maximum Gasteiger partial charge on any atom is 0.338 e. The molecule has 3 rings (SSSR count). The molecule has 1 heterocycles. The van der Waals surface area contributed by atoms with Gasteiger partial charge >= 0.3 is 5.97 Å². The van der Waals surface area contributed by atoms with Crippen LogP contribution in [-0.4, -0.2) is 65.0 Å². The number of esters is 1. The molecule has 5 atom stereocenters. The Morgan fingerprint density at radius 3 is 2.47 bits per heavy atom. The molecule has 0 saturated carbocycles. The van der Waals surface area contributed by atoms with Gasteiger partial charge in [-0.05, 0) is 43.2 Å². The molecule has 2 aromatic carbocycles. The minimum absolute atomic E-state index is 0.233. The minimum Gasteiger partial charge on any atom is -0.493 e. The Balaban J connectivity index is 1.52. The first-order valence-electron chi connectivity index (χ1n) is 10.0. The summed E-state index contributed by atoms with van der Waals surface area (Å²) < 4.78 is 16.5. The Kier molecular flexibility index (Phi) is 7.44. The van der Waals surface area contributed by atoms with Crippen molar-refractivity contribution in [3.63, 3.8) is 0 Å². The van der Waals surface area contributed by atoms with Gasteiger partial charge < -0.3 is 29.5 Å². The maximum absolute atomic E-state index is 12.4. The molecule has 7 nitrogen and oxygen atoms in total. The van der Waals surface area contributed by atoms with Gasteiger partial charge in [-0.25, -0.2) is 4.79 Å². The molecule has 1 aliphatic heterocycles. The van der Waals surface area contributed by atoms with E-state index in [0.717, 1.165) is 6.42 Å². The number of carbonyl (C=O) groups is 1. The molecule has 1 saturated heterocycles. The van der Waals surface area contributed by atoms with Crippen molar-refractivity contribution in [3.05, 3.63) is 65.2 Å². The lowest BCUT2D eigenvalue weighted by atomic mass is 9.96. The molecule has 1 aliphatic rings. The third kappa shape index (κ3) is 5.37. The monoisotopic (exact) mass is 416 g/mol. The Morgan fingerprint density at radius 2 is 1.77 bits per heavy atom. The molecule has 0 aliphatic carbocycles. The second-order valence-corrected chi connectivity index (χ2v) is 7.51. The van der Waals surface area contributed by atoms with E-state index < -0.39 is 36.5 Å². The van der Waals surface area contributed by atoms with E-state index in [1.54, 1.807) is 32.0 Å². The fraction of sp³-hybridized carbons (Fsp3) is 0.435. The number of aliphatic hydroxyl groups is 3. The molecule has 0 aromatic heterocycles. The van der Waals surface area contributed by atoms with E-state index >= 15 is 0 Å². The Hall–Kier alpha value is -2.45. The van der Waals surface area contributed by atoms with E-state index in [9.17, 15) is 20.1 Å². The van der Waals surface area contributed by atoms with Crippen LogP contribution in [0.3, 0.4) is 0 Å². The molecule has 0 spiro atoms. The summed E-state index contributed by atoms with van der Waals surface area (Å²) in [5.41, 5.74) is 2.27. The summed E-state index contributed by atoms with van der Waals surface area (Å²) in [7, 11) is 0. The van der Waals surface area contributed by atoms with Crippen LogP contribution in [0.15, 0.2) is 48.5 Å². The van der Waals surface area contributed by atoms with Gasteiger partial charge in [-0.2, -0.15) is 0 Å². The van der Waals surface area contributed by atoms with E-state index in [1.807, 2.05) is 30.3 Å². The van der Waals surface area contributed by atoms with Crippen LogP contribution in [0.5, 0.6) is 5.75 Å². The number of rotatable bonds is 7. The standard InChI is InChI=1S/C23H28O7/c1-14-12-17(28-11-10-16-6-4-3-5-7-16)8-9-18(14)23(27)29-13-19-21(25)22(26)20(24)15(2)30-19/h3-9,12,15,19-22,24-26H,10-11,13H2,1-2H3/t15?,19-,20+,21+,22-/m1/s1. The third-order valence-corrected chi connectivity index (χ3v) is 5.25. The molecule has 2 aromatic rings. The van der Waals surface area contributed by atoms with Crippen molar-refractivity contribution < 1.29 is 34.3 Å². The number of hydrogen-bond donors (Lipinski definition) is 3. The predicted molar refractivity (Wildman–Crippen MR) is 109 cm³/mol. The quantitative estimate of drug-likeness (QED) is 0.590. The molecule has 1 fully saturated rings. The molecule has 162 valence electrons. The molecule has 30 heavy (non-hydrogen) atoms. The van der Waals surface area contributed by atoms with Crippen LogP contribution in [0.4, 0.5) is 0 Å². The molecule has 0 bridgehead atoms. The summed E-state index contributed by atoms with van der Waals surface area (Å²) in [6.45, 7) is 3.66. The number of aliphatic hydroxyl groups excluding tert-OH is 3. The van der Waals surface area contributed by atoms with Crippen molar-refractivity contribution in [1.29, 1.82) is 0 Å². The maximum atomic E-state index is 12.4. The second-order valence-electron chi connectivity index (χ2n) is 7.51. The summed E-state index contributed by atoms with van der Waals surface area (Å²) in [4.78, 5) is 12.4. The van der Waals surface area contributed by atoms with E-state index in [-0.39, 0.29) is 6.61 Å². The molecule has 0 amide bonds. The highest BCUT2D eigenvalue weighted by atomic mass is 16.6. The van der Waals surface area contributed by atoms with Crippen molar-refractivity contribution >= 4 is 5.97 Å². The van der Waals surface area contributed by atoms with Crippen LogP contribution in [0.2, 0.25) is 0 Å². The van der Waals surface area contributed by atoms with Crippen LogP contribution >= 0.6 is 0 Å². The largest absolute Gasteiger partial charge is 0.493 e. The zero-order valence-electron chi connectivity index (χ0n) is 17.1. The van der Waals surface area contributed by atoms with Gasteiger partial charge in [0.05, 0.1) is 18.3 Å². The highest BCUT2D eigenvalue weighted by Crippen LogP contribution is 2.22. The van der Waals surface area contributed by atoms with Crippen LogP contribution in [0.25, 0.3) is 0 Å². The van der Waals surface area contributed by atoms with Gasteiger partial charge in [0, 0.05) is 6.42 Å². The smallest absolute Gasteiger partial charge is 0.338 e. The zero-order chi connectivity index (χ0) is 21.7. The molecule has 7 heteroatoms. The minimum atomic E-state index is -1.36. The van der Waals surface area contributed by atoms with E-state index in [2.05, 4.69) is 0 Å². The van der Waals surface area contributed by atoms with Gasteiger partial charge in [0.25, 0.3) is 0 Å². The van der Waals surface area contributed by atoms with Crippen molar-refractivity contribution in [2.24, 2.45) is 0 Å². The average Bonchev–Trinajstić information content (AvgIpc) is 2.74. The summed E-state index contributed by atoms with van der Waals surface area (Å²) in [5.74, 6) is 0.101. The van der Waals surface area contributed by atoms with Crippen molar-refractivity contribution in [3.8, 4) is 5.75 Å². The number of carbonyl (C=O) groups excluding carboxylic acids is 1. The van der Waals surface area contributed by atoms with Gasteiger partial charge in [0.2, 0.25) is 0 Å². The molecule has 0 radical (unpaired) electrons. The molecule has 3 N–H and O–H groups in total. The first kappa shape index (κ1) is 22.2. The van der Waals surface area contributed by atoms with Gasteiger partial charge in [-0.3, -0.25) is 0 Å². The zero-order valence-corrected chi connectivity index (χ0v) is 17.1. The van der Waals surface area contributed by atoms with E-state index in [1.165, 1.54) is 5.56 Å². The number of benzene rings is 2. The van der Waals surface area contributed by atoms with Gasteiger partial charge in [-0.1, -0.05) is 30.3 Å². The summed E-state index contributed by atoms with van der Waals surface area (Å²) in [6, 6.07) is 15.1. The van der Waals surface area contributed by atoms with Crippen LogP contribution in [0, 0.1) is 6.92 Å². The van der Waals surface area contributed by atoms with E-state index in [0.29, 0.717) is 23.5 Å². The summed E-state index contributed by atoms with van der Waals surface area (Å²) >= 11 is 0. The van der Waals surface area contributed by atoms with Gasteiger partial charge in [-0.15, -0.1) is 0 Å². The van der Waals surface area contributed by atoms with Gasteiger partial charge in [0.15, 0.2) is 0 Å². The summed E-state index contributed by atoms with van der Waals surface area (Å²) in [5, 5.41) is 29.6. The van der Waals surface area contributed by atoms with Crippen LogP contribution in [-0.2, 0) is 15.9 Å². The lowest BCUT2D eigenvalue weighted by Crippen LogP contribution is -2.57. The summed E-state index contributed by atoms with van der Waals surface area (Å²) in [6.07, 6.45) is -4.70. The van der Waals surface area contributed by atoms with E-state index in [4.69, 9.17) is 14.2 Å². The first-order valence-corrected chi connectivity index (χ1v) is 10.0. The molecular weight excluding hydrogens is 388 g/mol. The van der Waals surface area contributed by atoms with Crippen LogP contribution in [0.1, 0.15) is 28.4 Å². The topological polar surface area (TPSA) is 105 Å². The first-order chi connectivity index (χ1) is 14.4. The predicted octanol–water partition coefficient (Wildman–Crippen LogP) is 1.64. The highest BCUT2D eigenvalue weighted by molar-refractivity contribution is 5.91. The Labute approximate surface area is 175 Å². The number of ether oxygens (including phenoxy) is 3. The lowest BCUT2D eigenvalue weighted by Gasteiger charge is -2.38.